The molecule has 0 radical (unpaired) electrons. The molecule has 3 saturated carbocycles. The van der Waals surface area contributed by atoms with Crippen molar-refractivity contribution in [2.45, 2.75) is 38.3 Å². The second-order valence-electron chi connectivity index (χ2n) is 12.1. The minimum atomic E-state index is -0.540. The van der Waals surface area contributed by atoms with E-state index in [2.05, 4.69) is 22.1 Å². The number of aromatic hydroxyl groups is 1. The van der Waals surface area contributed by atoms with E-state index in [1.807, 2.05) is 0 Å². The third-order valence-corrected chi connectivity index (χ3v) is 8.73. The molecule has 8 nitrogen and oxygen atoms in total. The minimum absolute atomic E-state index is 0.243. The molecule has 8 rings (SSSR count). The zero-order valence-electron chi connectivity index (χ0n) is 20.7. The smallest absolute Gasteiger partial charge is 0.268 e. The Morgan fingerprint density at radius 2 is 1.84 bits per heavy atom. The van der Waals surface area contributed by atoms with Crippen LogP contribution in [0.15, 0.2) is 41.3 Å². The summed E-state index contributed by atoms with van der Waals surface area (Å²) in [5, 5.41) is 14.6. The number of benzene rings is 1. The van der Waals surface area contributed by atoms with Crippen molar-refractivity contribution in [1.82, 2.24) is 19.8 Å². The lowest BCUT2D eigenvalue weighted by atomic mass is 9.40. The molecule has 2 aromatic heterocycles. The number of pyridine rings is 2. The van der Waals surface area contributed by atoms with Crippen LogP contribution in [0.1, 0.15) is 36.5 Å². The molecule has 9 heteroatoms. The van der Waals surface area contributed by atoms with E-state index in [4.69, 9.17) is 4.74 Å². The fraction of sp³-hybridized carbons (Fsp3) is 0.464. The topological polar surface area (TPSA) is 96.7 Å². The number of rotatable bonds is 6. The summed E-state index contributed by atoms with van der Waals surface area (Å²) in [5.41, 5.74) is 1.19. The van der Waals surface area contributed by atoms with E-state index >= 15 is 0 Å². The van der Waals surface area contributed by atoms with Crippen molar-refractivity contribution in [2.24, 2.45) is 10.8 Å². The molecule has 2 aliphatic heterocycles. The third kappa shape index (κ3) is 3.51. The molecule has 2 bridgehead atoms. The van der Waals surface area contributed by atoms with E-state index in [9.17, 15) is 19.1 Å². The first-order chi connectivity index (χ1) is 17.7. The molecule has 0 atom stereocenters. The van der Waals surface area contributed by atoms with Crippen LogP contribution in [0.4, 0.5) is 4.39 Å². The number of carbonyl (C=O) groups is 1. The Hall–Kier alpha value is -3.30. The molecule has 0 unspecified atom stereocenters. The number of hydrogen-bond donors (Lipinski definition) is 2. The highest BCUT2D eigenvalue weighted by atomic mass is 19.1. The van der Waals surface area contributed by atoms with Crippen molar-refractivity contribution in [3.63, 3.8) is 0 Å². The first-order valence-electron chi connectivity index (χ1n) is 12.8. The summed E-state index contributed by atoms with van der Waals surface area (Å²) in [6.45, 7) is 6.59. The number of aromatic nitrogens is 2. The van der Waals surface area contributed by atoms with Gasteiger partial charge in [0.2, 0.25) is 0 Å². The molecule has 192 valence electrons. The lowest BCUT2D eigenvalue weighted by Crippen LogP contribution is -2.73. The average Bonchev–Trinajstić information content (AvgIpc) is 2.77. The van der Waals surface area contributed by atoms with Crippen molar-refractivity contribution in [1.29, 1.82) is 0 Å². The highest BCUT2D eigenvalue weighted by molar-refractivity contribution is 6.02. The molecule has 5 aliphatic rings. The molecule has 3 aliphatic carbocycles. The Morgan fingerprint density at radius 1 is 1.14 bits per heavy atom. The molecular weight excluding hydrogens is 475 g/mol. The second-order valence-corrected chi connectivity index (χ2v) is 12.1. The van der Waals surface area contributed by atoms with Crippen molar-refractivity contribution >= 4 is 16.9 Å². The number of ether oxygens (including phenoxy) is 1. The van der Waals surface area contributed by atoms with Gasteiger partial charge in [0.05, 0.1) is 18.6 Å². The van der Waals surface area contributed by atoms with Crippen LogP contribution >= 0.6 is 0 Å². The Kier molecular flexibility index (Phi) is 4.70. The van der Waals surface area contributed by atoms with Crippen LogP contribution in [0, 0.1) is 16.6 Å². The minimum Gasteiger partial charge on any atom is -0.506 e. The summed E-state index contributed by atoms with van der Waals surface area (Å²) in [5.74, 6) is -1.25. The number of nitrogens with one attached hydrogen (secondary N) is 1. The maximum absolute atomic E-state index is 13.6. The van der Waals surface area contributed by atoms with Gasteiger partial charge in [-0.05, 0) is 48.4 Å². The Labute approximate surface area is 213 Å². The fourth-order valence-corrected chi connectivity index (χ4v) is 7.13. The van der Waals surface area contributed by atoms with Crippen LogP contribution in [0.5, 0.6) is 5.75 Å². The van der Waals surface area contributed by atoms with Gasteiger partial charge in [0.1, 0.15) is 22.8 Å². The molecule has 3 aromatic rings. The molecule has 37 heavy (non-hydrogen) atoms. The van der Waals surface area contributed by atoms with E-state index in [-0.39, 0.29) is 33.5 Å². The molecule has 1 aromatic carbocycles. The van der Waals surface area contributed by atoms with Gasteiger partial charge < -0.3 is 20.1 Å². The molecule has 1 amide bonds. The largest absolute Gasteiger partial charge is 0.506 e. The van der Waals surface area contributed by atoms with Crippen LogP contribution in [-0.4, -0.2) is 63.9 Å². The van der Waals surface area contributed by atoms with Crippen LogP contribution in [0.25, 0.3) is 22.2 Å². The summed E-state index contributed by atoms with van der Waals surface area (Å²) in [7, 11) is 0. The standard InChI is InChI=1S/C28H29FN4O4/c1-26-10-28(11-26,12-26)31-24(35)21-22(34)20-8-18(17-2-4-19(29)5-3-17)9-30-23(20)33(25(21)36)7-6-32-13-27(14-32)15-37-16-27/h2-5,8-9,34H,6-7,10-16H2,1H3,(H,31,35). The number of nitrogens with zero attached hydrogens (tertiary/aromatic N) is 3. The van der Waals surface area contributed by atoms with Gasteiger partial charge in [0.15, 0.2) is 0 Å². The van der Waals surface area contributed by atoms with Gasteiger partial charge in [-0.3, -0.25) is 14.2 Å². The zero-order valence-corrected chi connectivity index (χ0v) is 20.7. The average molecular weight is 505 g/mol. The normalized spacial score (nSPS) is 27.2. The van der Waals surface area contributed by atoms with Gasteiger partial charge in [0, 0.05) is 48.9 Å². The van der Waals surface area contributed by atoms with Gasteiger partial charge in [-0.1, -0.05) is 19.1 Å². The van der Waals surface area contributed by atoms with Gasteiger partial charge in [-0.15, -0.1) is 0 Å². The van der Waals surface area contributed by atoms with Gasteiger partial charge in [-0.25, -0.2) is 9.37 Å². The Bertz CT molecular complexity index is 1480. The van der Waals surface area contributed by atoms with E-state index in [1.54, 1.807) is 24.4 Å². The number of hydrogen-bond acceptors (Lipinski definition) is 6. The molecule has 1 spiro atoms. The molecule has 2 saturated heterocycles. The number of fused-ring (bicyclic) bond motifs is 1. The Morgan fingerprint density at radius 3 is 2.46 bits per heavy atom. The van der Waals surface area contributed by atoms with E-state index < -0.39 is 11.5 Å². The second kappa shape index (κ2) is 7.61. The highest BCUT2D eigenvalue weighted by Gasteiger charge is 2.65. The molecule has 5 fully saturated rings. The van der Waals surface area contributed by atoms with Gasteiger partial charge in [-0.2, -0.15) is 0 Å². The van der Waals surface area contributed by atoms with Crippen molar-refractivity contribution in [3.8, 4) is 16.9 Å². The number of carbonyl (C=O) groups excluding carboxylic acids is 1. The van der Waals surface area contributed by atoms with Crippen molar-refractivity contribution in [3.05, 3.63) is 58.3 Å². The maximum atomic E-state index is 13.6. The van der Waals surface area contributed by atoms with Gasteiger partial charge >= 0.3 is 0 Å². The first-order valence-corrected chi connectivity index (χ1v) is 12.8. The SMILES string of the molecule is CC12CC(NC(=O)c3c(O)c4cc(-c5ccc(F)cc5)cnc4n(CCN4CC5(COC5)C4)c3=O)(C1)C2. The van der Waals surface area contributed by atoms with Crippen molar-refractivity contribution < 1.29 is 19.0 Å². The van der Waals surface area contributed by atoms with Crippen LogP contribution < -0.4 is 10.9 Å². The zero-order chi connectivity index (χ0) is 25.6. The monoisotopic (exact) mass is 504 g/mol. The molecular formula is C28H29FN4O4. The van der Waals surface area contributed by atoms with Crippen molar-refractivity contribution in [2.75, 3.05) is 32.8 Å². The summed E-state index contributed by atoms with van der Waals surface area (Å²) >= 11 is 0. The first kappa shape index (κ1) is 22.9. The number of likely N-dealkylation sites (tertiary alicyclic amines) is 1. The summed E-state index contributed by atoms with van der Waals surface area (Å²) < 4.78 is 20.3. The molecule has 2 N–H and O–H groups in total. The van der Waals surface area contributed by atoms with Crippen LogP contribution in [0.3, 0.4) is 0 Å². The number of amides is 1. The lowest BCUT2D eigenvalue weighted by molar-refractivity contribution is -0.189. The molecule has 4 heterocycles. The van der Waals surface area contributed by atoms with E-state index in [0.29, 0.717) is 29.7 Å². The highest BCUT2D eigenvalue weighted by Crippen LogP contribution is 2.66. The summed E-state index contributed by atoms with van der Waals surface area (Å²) in [6.07, 6.45) is 4.29. The third-order valence-electron chi connectivity index (χ3n) is 8.73. The summed E-state index contributed by atoms with van der Waals surface area (Å²) in [6, 6.07) is 7.69. The summed E-state index contributed by atoms with van der Waals surface area (Å²) in [4.78, 5) is 33.8. The van der Waals surface area contributed by atoms with Crippen LogP contribution in [-0.2, 0) is 11.3 Å². The maximum Gasteiger partial charge on any atom is 0.268 e. The Balaban J connectivity index is 1.26. The number of halogens is 1. The predicted molar refractivity (Wildman–Crippen MR) is 135 cm³/mol. The van der Waals surface area contributed by atoms with E-state index in [0.717, 1.165) is 51.1 Å². The fourth-order valence-electron chi connectivity index (χ4n) is 7.13. The lowest BCUT2D eigenvalue weighted by Gasteiger charge is -2.69. The van der Waals surface area contributed by atoms with Crippen LogP contribution in [0.2, 0.25) is 0 Å². The van der Waals surface area contributed by atoms with E-state index in [1.165, 1.54) is 16.7 Å². The van der Waals surface area contributed by atoms with Gasteiger partial charge in [0.25, 0.3) is 11.5 Å². The quantitative estimate of drug-likeness (QED) is 0.536. The predicted octanol–water partition coefficient (Wildman–Crippen LogP) is 2.91.